The number of ether oxygens (including phenoxy) is 1. The minimum absolute atomic E-state index is 0. The van der Waals surface area contributed by atoms with E-state index in [0.29, 0.717) is 18.0 Å². The van der Waals surface area contributed by atoms with Crippen LogP contribution in [0, 0.1) is 0 Å². The van der Waals surface area contributed by atoms with Gasteiger partial charge in [-0.2, -0.15) is 5.10 Å². The zero-order valence-electron chi connectivity index (χ0n) is 14.7. The third-order valence-electron chi connectivity index (χ3n) is 4.74. The Balaban J connectivity index is 0.00000243. The number of benzene rings is 1. The molecule has 0 radical (unpaired) electrons. The van der Waals surface area contributed by atoms with Crippen LogP contribution in [0.1, 0.15) is 18.4 Å². The maximum absolute atomic E-state index is 12.9. The van der Waals surface area contributed by atoms with Crippen molar-refractivity contribution < 1.29 is 9.53 Å². The van der Waals surface area contributed by atoms with Gasteiger partial charge in [0.25, 0.3) is 0 Å². The summed E-state index contributed by atoms with van der Waals surface area (Å²) in [5.41, 5.74) is 0.375. The van der Waals surface area contributed by atoms with E-state index < -0.39 is 5.54 Å². The van der Waals surface area contributed by atoms with Gasteiger partial charge in [0.2, 0.25) is 5.91 Å². The smallest absolute Gasteiger partial charge is 0.248 e. The molecule has 0 spiro atoms. The van der Waals surface area contributed by atoms with Crippen LogP contribution in [-0.4, -0.2) is 42.4 Å². The quantitative estimate of drug-likeness (QED) is 0.783. The van der Waals surface area contributed by atoms with Gasteiger partial charge in [0.15, 0.2) is 0 Å². The molecule has 1 fully saturated rings. The average Bonchev–Trinajstić information content (AvgIpc) is 3.18. The molecule has 1 aromatic heterocycles. The molecule has 0 bridgehead atoms. The number of piperidine rings is 1. The largest absolute Gasteiger partial charge is 0.497 e. The lowest BCUT2D eigenvalue weighted by Crippen LogP contribution is -2.54. The van der Waals surface area contributed by atoms with Gasteiger partial charge in [-0.15, -0.1) is 12.4 Å². The summed E-state index contributed by atoms with van der Waals surface area (Å²) in [6, 6.07) is 7.45. The molecule has 0 unspecified atom stereocenters. The summed E-state index contributed by atoms with van der Waals surface area (Å²) in [5, 5.41) is 11.4. The van der Waals surface area contributed by atoms with Gasteiger partial charge in [-0.3, -0.25) is 9.48 Å². The molecule has 0 atom stereocenters. The molecule has 1 aromatic carbocycles. The lowest BCUT2D eigenvalue weighted by atomic mass is 9.87. The molecule has 6 nitrogen and oxygen atoms in total. The number of hydrogen-bond acceptors (Lipinski definition) is 4. The van der Waals surface area contributed by atoms with Crippen molar-refractivity contribution in [3.63, 3.8) is 0 Å². The second-order valence-corrected chi connectivity index (χ2v) is 6.60. The fourth-order valence-electron chi connectivity index (χ4n) is 3.26. The second kappa shape index (κ2) is 9.26. The van der Waals surface area contributed by atoms with E-state index in [4.69, 9.17) is 16.3 Å². The highest BCUT2D eigenvalue weighted by atomic mass is 35.5. The summed E-state index contributed by atoms with van der Waals surface area (Å²) in [4.78, 5) is 12.9. The summed E-state index contributed by atoms with van der Waals surface area (Å²) >= 11 is 6.27. The molecule has 1 amide bonds. The van der Waals surface area contributed by atoms with E-state index in [2.05, 4.69) is 15.7 Å². The van der Waals surface area contributed by atoms with Crippen LogP contribution in [0.5, 0.6) is 5.75 Å². The Morgan fingerprint density at radius 3 is 2.81 bits per heavy atom. The zero-order valence-corrected chi connectivity index (χ0v) is 16.3. The maximum atomic E-state index is 12.9. The highest BCUT2D eigenvalue weighted by Crippen LogP contribution is 2.27. The number of halogens is 2. The first-order valence-electron chi connectivity index (χ1n) is 8.47. The van der Waals surface area contributed by atoms with Gasteiger partial charge < -0.3 is 15.4 Å². The minimum atomic E-state index is -0.613. The van der Waals surface area contributed by atoms with Crippen LogP contribution < -0.4 is 15.4 Å². The van der Waals surface area contributed by atoms with Gasteiger partial charge in [-0.05, 0) is 56.1 Å². The number of rotatable bonds is 6. The summed E-state index contributed by atoms with van der Waals surface area (Å²) < 4.78 is 6.95. The predicted octanol–water partition coefficient (Wildman–Crippen LogP) is 2.40. The number of methoxy groups -OCH3 is 1. The number of hydrogen-bond donors (Lipinski definition) is 2. The Labute approximate surface area is 164 Å². The van der Waals surface area contributed by atoms with Crippen molar-refractivity contribution in [3.05, 3.63) is 47.2 Å². The van der Waals surface area contributed by atoms with Crippen LogP contribution in [-0.2, 0) is 16.8 Å². The molecular formula is C18H24Cl2N4O2. The molecule has 3 rings (SSSR count). The van der Waals surface area contributed by atoms with E-state index >= 15 is 0 Å². The molecule has 8 heteroatoms. The lowest BCUT2D eigenvalue weighted by molar-refractivity contribution is -0.131. The van der Waals surface area contributed by atoms with Crippen molar-refractivity contribution >= 4 is 29.9 Å². The van der Waals surface area contributed by atoms with Crippen LogP contribution in [0.15, 0.2) is 36.7 Å². The zero-order chi connectivity index (χ0) is 17.7. The number of nitrogens with one attached hydrogen (secondary N) is 2. The SMILES string of the molecule is COc1ccc(CCNC(=O)C2(n3cccn3)CCNCC2)c(Cl)c1.Cl. The van der Waals surface area contributed by atoms with Gasteiger partial charge in [0.1, 0.15) is 11.3 Å². The van der Waals surface area contributed by atoms with Crippen molar-refractivity contribution in [2.75, 3.05) is 26.7 Å². The topological polar surface area (TPSA) is 68.2 Å². The number of amides is 1. The van der Waals surface area contributed by atoms with Crippen molar-refractivity contribution in [2.45, 2.75) is 24.8 Å². The number of nitrogens with zero attached hydrogens (tertiary/aromatic N) is 2. The molecule has 2 heterocycles. The molecule has 142 valence electrons. The van der Waals surface area contributed by atoms with Gasteiger partial charge in [-0.25, -0.2) is 0 Å². The van der Waals surface area contributed by atoms with Crippen LogP contribution in [0.25, 0.3) is 0 Å². The van der Waals surface area contributed by atoms with E-state index in [0.717, 1.165) is 37.2 Å². The Kier molecular flexibility index (Phi) is 7.32. The molecular weight excluding hydrogens is 375 g/mol. The first-order valence-corrected chi connectivity index (χ1v) is 8.85. The van der Waals surface area contributed by atoms with E-state index in [1.165, 1.54) is 0 Å². The minimum Gasteiger partial charge on any atom is -0.497 e. The Morgan fingerprint density at radius 1 is 1.42 bits per heavy atom. The van der Waals surface area contributed by atoms with Crippen LogP contribution >= 0.6 is 24.0 Å². The second-order valence-electron chi connectivity index (χ2n) is 6.20. The molecule has 1 aliphatic rings. The monoisotopic (exact) mass is 398 g/mol. The summed E-state index contributed by atoms with van der Waals surface area (Å²) in [6.07, 6.45) is 5.70. The third-order valence-corrected chi connectivity index (χ3v) is 5.09. The first kappa shape index (κ1) is 20.6. The Bertz CT molecular complexity index is 716. The molecule has 0 saturated carbocycles. The van der Waals surface area contributed by atoms with E-state index in [1.54, 1.807) is 24.1 Å². The Morgan fingerprint density at radius 2 is 2.19 bits per heavy atom. The highest BCUT2D eigenvalue weighted by Gasteiger charge is 2.41. The highest BCUT2D eigenvalue weighted by molar-refractivity contribution is 6.31. The van der Waals surface area contributed by atoms with E-state index in [-0.39, 0.29) is 18.3 Å². The first-order chi connectivity index (χ1) is 12.2. The molecule has 2 aromatic rings. The Hall–Kier alpha value is -1.76. The summed E-state index contributed by atoms with van der Waals surface area (Å²) in [7, 11) is 1.61. The van der Waals surface area contributed by atoms with Crippen molar-refractivity contribution in [3.8, 4) is 5.75 Å². The molecule has 26 heavy (non-hydrogen) atoms. The standard InChI is InChI=1S/C18H23ClN4O2.ClH/c1-25-15-4-3-14(16(19)13-15)5-9-21-17(24)18(6-10-20-11-7-18)23-12-2-8-22-23;/h2-4,8,12-13,20H,5-7,9-11H2,1H3,(H,21,24);1H. The fraction of sp³-hybridized carbons (Fsp3) is 0.444. The number of carbonyl (C=O) groups excluding carboxylic acids is 1. The average molecular weight is 399 g/mol. The van der Waals surface area contributed by atoms with Gasteiger partial charge in [0, 0.05) is 24.0 Å². The van der Waals surface area contributed by atoms with Gasteiger partial charge >= 0.3 is 0 Å². The van der Waals surface area contributed by atoms with Crippen LogP contribution in [0.2, 0.25) is 5.02 Å². The van der Waals surface area contributed by atoms with Crippen LogP contribution in [0.3, 0.4) is 0 Å². The van der Waals surface area contributed by atoms with E-state index in [1.807, 2.05) is 24.4 Å². The molecule has 0 aliphatic carbocycles. The van der Waals surface area contributed by atoms with E-state index in [9.17, 15) is 4.79 Å². The number of aromatic nitrogens is 2. The summed E-state index contributed by atoms with van der Waals surface area (Å²) in [5.74, 6) is 0.743. The lowest BCUT2D eigenvalue weighted by Gasteiger charge is -2.36. The molecule has 1 saturated heterocycles. The fourth-order valence-corrected chi connectivity index (χ4v) is 3.52. The number of carbonyl (C=O) groups is 1. The van der Waals surface area contributed by atoms with Crippen molar-refractivity contribution in [2.24, 2.45) is 0 Å². The molecule has 2 N–H and O–H groups in total. The van der Waals surface area contributed by atoms with Crippen molar-refractivity contribution in [1.29, 1.82) is 0 Å². The van der Waals surface area contributed by atoms with Crippen LogP contribution in [0.4, 0.5) is 0 Å². The van der Waals surface area contributed by atoms with Crippen molar-refractivity contribution in [1.82, 2.24) is 20.4 Å². The summed E-state index contributed by atoms with van der Waals surface area (Å²) in [6.45, 7) is 2.14. The normalized spacial score (nSPS) is 15.8. The van der Waals surface area contributed by atoms with Gasteiger partial charge in [-0.1, -0.05) is 17.7 Å². The third kappa shape index (κ3) is 4.31. The van der Waals surface area contributed by atoms with Gasteiger partial charge in [0.05, 0.1) is 7.11 Å². The maximum Gasteiger partial charge on any atom is 0.248 e. The molecule has 1 aliphatic heterocycles. The predicted molar refractivity (Wildman–Crippen MR) is 104 cm³/mol.